The van der Waals surface area contributed by atoms with Gasteiger partial charge in [0.1, 0.15) is 0 Å². The van der Waals surface area contributed by atoms with Crippen LogP contribution in [-0.2, 0) is 27.4 Å². The van der Waals surface area contributed by atoms with Crippen molar-refractivity contribution in [3.8, 4) is 0 Å². The molecule has 1 fully saturated rings. The third-order valence-electron chi connectivity index (χ3n) is 4.48. The first kappa shape index (κ1) is 25.1. The third-order valence-corrected chi connectivity index (χ3v) is 4.48. The predicted octanol–water partition coefficient (Wildman–Crippen LogP) is 3.29. The van der Waals surface area contributed by atoms with Crippen molar-refractivity contribution in [1.29, 1.82) is 0 Å². The van der Waals surface area contributed by atoms with E-state index >= 15 is 0 Å². The second-order valence-electron chi connectivity index (χ2n) is 6.91. The molecule has 1 aliphatic rings. The summed E-state index contributed by atoms with van der Waals surface area (Å²) in [6.45, 7) is 7.79. The van der Waals surface area contributed by atoms with Crippen LogP contribution in [-0.4, -0.2) is 64.5 Å². The van der Waals surface area contributed by atoms with Crippen molar-refractivity contribution in [2.75, 3.05) is 53.7 Å². The molecule has 2 rings (SSSR count). The van der Waals surface area contributed by atoms with Gasteiger partial charge in [0.15, 0.2) is 5.96 Å². The summed E-state index contributed by atoms with van der Waals surface area (Å²) in [4.78, 5) is 6.47. The van der Waals surface area contributed by atoms with Gasteiger partial charge in [-0.1, -0.05) is 24.3 Å². The zero-order valence-electron chi connectivity index (χ0n) is 17.5. The van der Waals surface area contributed by atoms with Crippen molar-refractivity contribution in [1.82, 2.24) is 10.2 Å². The van der Waals surface area contributed by atoms with E-state index < -0.39 is 0 Å². The Morgan fingerprint density at radius 3 is 2.61 bits per heavy atom. The maximum Gasteiger partial charge on any atom is 0.193 e. The Labute approximate surface area is 187 Å². The lowest BCUT2D eigenvalue weighted by molar-refractivity contribution is 0.0453. The summed E-state index contributed by atoms with van der Waals surface area (Å²) in [6, 6.07) is 8.43. The molecule has 0 aliphatic heterocycles. The molecule has 0 heterocycles. The number of halogens is 1. The minimum Gasteiger partial charge on any atom is -0.379 e. The van der Waals surface area contributed by atoms with Crippen LogP contribution >= 0.6 is 24.0 Å². The predicted molar refractivity (Wildman–Crippen MR) is 124 cm³/mol. The van der Waals surface area contributed by atoms with E-state index in [1.165, 1.54) is 24.0 Å². The number of likely N-dealkylation sites (N-methyl/N-ethyl adjacent to an activating group) is 1. The number of rotatable bonds is 13. The maximum absolute atomic E-state index is 5.72. The average Bonchev–Trinajstić information content (AvgIpc) is 3.50. The van der Waals surface area contributed by atoms with Crippen LogP contribution in [0.5, 0.6) is 0 Å². The summed E-state index contributed by atoms with van der Waals surface area (Å²) < 4.78 is 16.6. The Balaban J connectivity index is 0.00000392. The number of nitrogens with zero attached hydrogens (tertiary/aromatic N) is 2. The van der Waals surface area contributed by atoms with Gasteiger partial charge < -0.3 is 24.4 Å². The lowest BCUT2D eigenvalue weighted by atomic mass is 10.1. The molecule has 1 aromatic rings. The van der Waals surface area contributed by atoms with E-state index in [-0.39, 0.29) is 24.0 Å². The van der Waals surface area contributed by atoms with Crippen molar-refractivity contribution in [3.63, 3.8) is 0 Å². The Morgan fingerprint density at radius 1 is 1.14 bits per heavy atom. The molecule has 28 heavy (non-hydrogen) atoms. The van der Waals surface area contributed by atoms with Crippen molar-refractivity contribution < 1.29 is 14.2 Å². The topological polar surface area (TPSA) is 55.3 Å². The van der Waals surface area contributed by atoms with E-state index in [1.807, 2.05) is 21.0 Å². The first-order valence-electron chi connectivity index (χ1n) is 9.95. The fourth-order valence-corrected chi connectivity index (χ4v) is 2.69. The smallest absolute Gasteiger partial charge is 0.193 e. The summed E-state index contributed by atoms with van der Waals surface area (Å²) in [6.07, 6.45) is 2.66. The van der Waals surface area contributed by atoms with E-state index in [0.29, 0.717) is 19.8 Å². The first-order chi connectivity index (χ1) is 13.2. The minimum absolute atomic E-state index is 0. The van der Waals surface area contributed by atoms with E-state index in [2.05, 4.69) is 39.5 Å². The number of hydrogen-bond donors (Lipinski definition) is 1. The molecule has 6 nitrogen and oxygen atoms in total. The van der Waals surface area contributed by atoms with E-state index in [9.17, 15) is 0 Å². The summed E-state index contributed by atoms with van der Waals surface area (Å²) in [5.74, 6) is 1.69. The number of hydrogen-bond acceptors (Lipinski definition) is 4. The summed E-state index contributed by atoms with van der Waals surface area (Å²) >= 11 is 0. The highest BCUT2D eigenvalue weighted by Crippen LogP contribution is 2.28. The maximum atomic E-state index is 5.72. The molecule has 0 unspecified atom stereocenters. The van der Waals surface area contributed by atoms with Gasteiger partial charge in [-0.2, -0.15) is 0 Å². The van der Waals surface area contributed by atoms with Crippen LogP contribution in [0, 0.1) is 5.92 Å². The van der Waals surface area contributed by atoms with Crippen LogP contribution in [0.25, 0.3) is 0 Å². The quantitative estimate of drug-likeness (QED) is 0.193. The van der Waals surface area contributed by atoms with E-state index in [0.717, 1.165) is 44.8 Å². The lowest BCUT2D eigenvalue weighted by Gasteiger charge is -2.22. The fourth-order valence-electron chi connectivity index (χ4n) is 2.69. The molecule has 0 radical (unpaired) electrons. The fraction of sp³-hybridized carbons (Fsp3) is 0.667. The molecule has 1 aliphatic carbocycles. The molecule has 0 aromatic heterocycles. The molecule has 1 N–H and O–H groups in total. The van der Waals surface area contributed by atoms with Gasteiger partial charge in [0.2, 0.25) is 0 Å². The van der Waals surface area contributed by atoms with Crippen molar-refractivity contribution >= 4 is 29.9 Å². The van der Waals surface area contributed by atoms with Gasteiger partial charge in [-0.25, -0.2) is 0 Å². The second kappa shape index (κ2) is 15.0. The van der Waals surface area contributed by atoms with Crippen LogP contribution in [0.3, 0.4) is 0 Å². The Hall–Kier alpha value is -0.900. The average molecular weight is 505 g/mol. The van der Waals surface area contributed by atoms with Gasteiger partial charge in [0, 0.05) is 40.4 Å². The SMILES string of the molecule is CCOCCOCc1cccc(CNC(=NC)N(C)CCOCC2CC2)c1.I. The molecule has 0 saturated heterocycles. The lowest BCUT2D eigenvalue weighted by Crippen LogP contribution is -2.40. The highest BCUT2D eigenvalue weighted by atomic mass is 127. The van der Waals surface area contributed by atoms with Gasteiger partial charge in [-0.15, -0.1) is 24.0 Å². The number of aliphatic imine (C=N–C) groups is 1. The number of guanidine groups is 1. The number of ether oxygens (including phenoxy) is 3. The summed E-state index contributed by atoms with van der Waals surface area (Å²) in [5, 5.41) is 3.42. The number of benzene rings is 1. The molecule has 160 valence electrons. The van der Waals surface area contributed by atoms with Crippen LogP contribution in [0.4, 0.5) is 0 Å². The molecular weight excluding hydrogens is 469 g/mol. The normalized spacial score (nSPS) is 13.9. The molecular formula is C21H36IN3O3. The van der Waals surface area contributed by atoms with Gasteiger partial charge in [-0.3, -0.25) is 4.99 Å². The number of nitrogens with one attached hydrogen (secondary N) is 1. The highest BCUT2D eigenvalue weighted by Gasteiger charge is 2.21. The van der Waals surface area contributed by atoms with Crippen molar-refractivity contribution in [2.24, 2.45) is 10.9 Å². The second-order valence-corrected chi connectivity index (χ2v) is 6.91. The standard InChI is InChI=1S/C21H35N3O3.HI/c1-4-25-12-13-27-17-20-7-5-6-19(14-20)15-23-21(22-2)24(3)10-11-26-16-18-8-9-18;/h5-7,14,18H,4,8-13,15-17H2,1-3H3,(H,22,23);1H. The van der Waals surface area contributed by atoms with Gasteiger partial charge >= 0.3 is 0 Å². The zero-order valence-corrected chi connectivity index (χ0v) is 19.8. The molecule has 1 saturated carbocycles. The minimum atomic E-state index is 0. The Morgan fingerprint density at radius 2 is 1.89 bits per heavy atom. The highest BCUT2D eigenvalue weighted by molar-refractivity contribution is 14.0. The molecule has 0 bridgehead atoms. The van der Waals surface area contributed by atoms with Crippen LogP contribution in [0.2, 0.25) is 0 Å². The summed E-state index contributed by atoms with van der Waals surface area (Å²) in [7, 11) is 3.85. The Kier molecular flexibility index (Phi) is 13.5. The van der Waals surface area contributed by atoms with Gasteiger partial charge in [0.25, 0.3) is 0 Å². The van der Waals surface area contributed by atoms with Gasteiger partial charge in [0.05, 0.1) is 26.4 Å². The van der Waals surface area contributed by atoms with Crippen LogP contribution in [0.1, 0.15) is 30.9 Å². The summed E-state index contributed by atoms with van der Waals surface area (Å²) in [5.41, 5.74) is 2.38. The first-order valence-corrected chi connectivity index (χ1v) is 9.95. The van der Waals surface area contributed by atoms with Crippen molar-refractivity contribution in [3.05, 3.63) is 35.4 Å². The molecule has 1 aromatic carbocycles. The molecule has 7 heteroatoms. The molecule has 0 atom stereocenters. The van der Waals surface area contributed by atoms with E-state index in [4.69, 9.17) is 14.2 Å². The van der Waals surface area contributed by atoms with Gasteiger partial charge in [-0.05, 0) is 36.8 Å². The zero-order chi connectivity index (χ0) is 19.3. The monoisotopic (exact) mass is 505 g/mol. The largest absolute Gasteiger partial charge is 0.379 e. The molecule has 0 amide bonds. The Bertz CT molecular complexity index is 568. The van der Waals surface area contributed by atoms with Crippen molar-refractivity contribution in [2.45, 2.75) is 32.9 Å². The molecule has 0 spiro atoms. The third kappa shape index (κ3) is 10.6. The van der Waals surface area contributed by atoms with Crippen LogP contribution < -0.4 is 5.32 Å². The van der Waals surface area contributed by atoms with E-state index in [1.54, 1.807) is 0 Å². The van der Waals surface area contributed by atoms with Crippen LogP contribution in [0.15, 0.2) is 29.3 Å².